The summed E-state index contributed by atoms with van der Waals surface area (Å²) < 4.78 is 7.25. The van der Waals surface area contributed by atoms with Gasteiger partial charge in [-0.1, -0.05) is 0 Å². The number of aromatic nitrogens is 2. The molecule has 0 bridgehead atoms. The van der Waals surface area contributed by atoms with Crippen molar-refractivity contribution in [3.63, 3.8) is 0 Å². The standard InChI is InChI=1S/C17H22N4O3/c1-11-9-14(12(2)24-11)17(23)20-6-3-13(4-7-20)16-19-5-8-21(16)10-15(18)22/h5,8-9,13H,3-4,6-7,10H2,1-2H3,(H2,18,22). The molecule has 1 saturated heterocycles. The van der Waals surface area contributed by atoms with Crippen LogP contribution in [0, 0.1) is 13.8 Å². The van der Waals surface area contributed by atoms with Gasteiger partial charge in [-0.25, -0.2) is 4.98 Å². The first-order valence-corrected chi connectivity index (χ1v) is 8.11. The minimum Gasteiger partial charge on any atom is -0.466 e. The van der Waals surface area contributed by atoms with Crippen molar-refractivity contribution < 1.29 is 14.0 Å². The van der Waals surface area contributed by atoms with Gasteiger partial charge in [0.15, 0.2) is 0 Å². The molecule has 0 radical (unpaired) electrons. The van der Waals surface area contributed by atoms with Crippen LogP contribution in [0.3, 0.4) is 0 Å². The van der Waals surface area contributed by atoms with E-state index >= 15 is 0 Å². The second-order valence-electron chi connectivity index (χ2n) is 6.27. The first-order valence-electron chi connectivity index (χ1n) is 8.11. The zero-order valence-electron chi connectivity index (χ0n) is 14.0. The highest BCUT2D eigenvalue weighted by molar-refractivity contribution is 5.95. The van der Waals surface area contributed by atoms with Crippen LogP contribution in [-0.4, -0.2) is 39.4 Å². The number of imidazole rings is 1. The zero-order valence-corrected chi connectivity index (χ0v) is 14.0. The van der Waals surface area contributed by atoms with E-state index < -0.39 is 0 Å². The molecule has 24 heavy (non-hydrogen) atoms. The third-order valence-electron chi connectivity index (χ3n) is 4.49. The van der Waals surface area contributed by atoms with Crippen molar-refractivity contribution in [3.8, 4) is 0 Å². The fraction of sp³-hybridized carbons (Fsp3) is 0.471. The maximum absolute atomic E-state index is 12.6. The molecule has 0 aliphatic carbocycles. The van der Waals surface area contributed by atoms with Gasteiger partial charge >= 0.3 is 0 Å². The number of primary amides is 1. The summed E-state index contributed by atoms with van der Waals surface area (Å²) in [6.07, 6.45) is 5.09. The van der Waals surface area contributed by atoms with Crippen LogP contribution in [0.15, 0.2) is 22.9 Å². The lowest BCUT2D eigenvalue weighted by Gasteiger charge is -2.31. The van der Waals surface area contributed by atoms with Crippen LogP contribution in [0.1, 0.15) is 46.5 Å². The number of hydrogen-bond donors (Lipinski definition) is 1. The van der Waals surface area contributed by atoms with Gasteiger partial charge in [-0.3, -0.25) is 9.59 Å². The summed E-state index contributed by atoms with van der Waals surface area (Å²) in [6, 6.07) is 1.79. The molecule has 3 rings (SSSR count). The molecule has 0 atom stereocenters. The number of hydrogen-bond acceptors (Lipinski definition) is 4. The van der Waals surface area contributed by atoms with Gasteiger partial charge in [0, 0.05) is 31.4 Å². The molecule has 0 aromatic carbocycles. The first kappa shape index (κ1) is 16.3. The van der Waals surface area contributed by atoms with E-state index in [4.69, 9.17) is 10.2 Å². The number of rotatable bonds is 4. The Bertz CT molecular complexity index is 754. The van der Waals surface area contributed by atoms with E-state index in [0.717, 1.165) is 24.4 Å². The Morgan fingerprint density at radius 3 is 2.62 bits per heavy atom. The number of nitrogens with zero attached hydrogens (tertiary/aromatic N) is 3. The minimum absolute atomic E-state index is 0.0169. The summed E-state index contributed by atoms with van der Waals surface area (Å²) in [5.74, 6) is 2.15. The highest BCUT2D eigenvalue weighted by atomic mass is 16.3. The molecule has 1 fully saturated rings. The summed E-state index contributed by atoms with van der Waals surface area (Å²) in [5.41, 5.74) is 5.92. The third kappa shape index (κ3) is 3.20. The number of aryl methyl sites for hydroxylation is 2. The Morgan fingerprint density at radius 1 is 1.33 bits per heavy atom. The minimum atomic E-state index is -0.382. The van der Waals surface area contributed by atoms with Crippen LogP contribution < -0.4 is 5.73 Å². The van der Waals surface area contributed by atoms with Gasteiger partial charge in [-0.2, -0.15) is 0 Å². The average molecular weight is 330 g/mol. The number of amides is 2. The maximum Gasteiger partial charge on any atom is 0.257 e. The van der Waals surface area contributed by atoms with Gasteiger partial charge in [0.25, 0.3) is 5.91 Å². The van der Waals surface area contributed by atoms with E-state index in [9.17, 15) is 9.59 Å². The SMILES string of the molecule is Cc1cc(C(=O)N2CCC(c3nccn3CC(N)=O)CC2)c(C)o1. The van der Waals surface area contributed by atoms with E-state index in [1.807, 2.05) is 18.7 Å². The van der Waals surface area contributed by atoms with Crippen LogP contribution in [-0.2, 0) is 11.3 Å². The van der Waals surface area contributed by atoms with Gasteiger partial charge in [0.2, 0.25) is 5.91 Å². The molecule has 1 aliphatic heterocycles. The van der Waals surface area contributed by atoms with Crippen LogP contribution in [0.2, 0.25) is 0 Å². The molecule has 2 amide bonds. The Hall–Kier alpha value is -2.57. The Balaban J connectivity index is 1.66. The molecule has 0 unspecified atom stereocenters. The first-order chi connectivity index (χ1) is 11.5. The van der Waals surface area contributed by atoms with Gasteiger partial charge in [0.05, 0.1) is 5.56 Å². The Kier molecular flexibility index (Phi) is 4.42. The van der Waals surface area contributed by atoms with Gasteiger partial charge in [-0.15, -0.1) is 0 Å². The van der Waals surface area contributed by atoms with Crippen LogP contribution in [0.4, 0.5) is 0 Å². The lowest BCUT2D eigenvalue weighted by Crippen LogP contribution is -2.38. The number of nitrogens with two attached hydrogens (primary N) is 1. The van der Waals surface area contributed by atoms with E-state index in [1.165, 1.54) is 0 Å². The van der Waals surface area contributed by atoms with Crippen molar-refractivity contribution in [2.45, 2.75) is 39.2 Å². The van der Waals surface area contributed by atoms with Gasteiger partial charge in [0.1, 0.15) is 23.9 Å². The zero-order chi connectivity index (χ0) is 17.3. The summed E-state index contributed by atoms with van der Waals surface area (Å²) in [7, 11) is 0. The predicted molar refractivity (Wildman–Crippen MR) is 87.5 cm³/mol. The molecule has 2 N–H and O–H groups in total. The molecule has 7 nitrogen and oxygen atoms in total. The second kappa shape index (κ2) is 6.51. The van der Waals surface area contributed by atoms with Crippen molar-refractivity contribution in [2.24, 2.45) is 5.73 Å². The van der Waals surface area contributed by atoms with Crippen molar-refractivity contribution >= 4 is 11.8 Å². The second-order valence-corrected chi connectivity index (χ2v) is 6.27. The maximum atomic E-state index is 12.6. The number of carbonyl (C=O) groups excluding carboxylic acids is 2. The topological polar surface area (TPSA) is 94.4 Å². The van der Waals surface area contributed by atoms with Crippen molar-refractivity contribution in [2.75, 3.05) is 13.1 Å². The van der Waals surface area contributed by atoms with E-state index in [0.29, 0.717) is 24.4 Å². The normalized spacial score (nSPS) is 15.7. The van der Waals surface area contributed by atoms with Crippen molar-refractivity contribution in [3.05, 3.63) is 41.4 Å². The largest absolute Gasteiger partial charge is 0.466 e. The summed E-state index contributed by atoms with van der Waals surface area (Å²) in [4.78, 5) is 30.0. The molecule has 3 heterocycles. The molecule has 1 aliphatic rings. The molecule has 0 saturated carbocycles. The Morgan fingerprint density at radius 2 is 2.04 bits per heavy atom. The molecule has 7 heteroatoms. The van der Waals surface area contributed by atoms with E-state index in [2.05, 4.69) is 4.98 Å². The van der Waals surface area contributed by atoms with Crippen molar-refractivity contribution in [1.29, 1.82) is 0 Å². The average Bonchev–Trinajstić information content (AvgIpc) is 3.12. The highest BCUT2D eigenvalue weighted by Crippen LogP contribution is 2.28. The molecule has 2 aromatic heterocycles. The number of likely N-dealkylation sites (tertiary alicyclic amines) is 1. The molecular weight excluding hydrogens is 308 g/mol. The predicted octanol–water partition coefficient (Wildman–Crippen LogP) is 1.60. The van der Waals surface area contributed by atoms with Crippen molar-refractivity contribution in [1.82, 2.24) is 14.5 Å². The summed E-state index contributed by atoms with van der Waals surface area (Å²) in [5, 5.41) is 0. The molecule has 2 aromatic rings. The van der Waals surface area contributed by atoms with Crippen LogP contribution in [0.25, 0.3) is 0 Å². The molecule has 128 valence electrons. The number of piperidine rings is 1. The highest BCUT2D eigenvalue weighted by Gasteiger charge is 2.28. The quantitative estimate of drug-likeness (QED) is 0.921. The number of carbonyl (C=O) groups is 2. The van der Waals surface area contributed by atoms with Crippen LogP contribution >= 0.6 is 0 Å². The van der Waals surface area contributed by atoms with E-state index in [1.54, 1.807) is 23.0 Å². The lowest BCUT2D eigenvalue weighted by atomic mass is 9.95. The van der Waals surface area contributed by atoms with Crippen LogP contribution in [0.5, 0.6) is 0 Å². The summed E-state index contributed by atoms with van der Waals surface area (Å²) >= 11 is 0. The van der Waals surface area contributed by atoms with Gasteiger partial charge < -0.3 is 19.6 Å². The summed E-state index contributed by atoms with van der Waals surface area (Å²) in [6.45, 7) is 5.12. The lowest BCUT2D eigenvalue weighted by molar-refractivity contribution is -0.118. The fourth-order valence-electron chi connectivity index (χ4n) is 3.34. The molecular formula is C17H22N4O3. The molecule has 0 spiro atoms. The fourth-order valence-corrected chi connectivity index (χ4v) is 3.34. The Labute approximate surface area is 140 Å². The smallest absolute Gasteiger partial charge is 0.257 e. The van der Waals surface area contributed by atoms with Gasteiger partial charge in [-0.05, 0) is 32.8 Å². The third-order valence-corrected chi connectivity index (χ3v) is 4.49. The monoisotopic (exact) mass is 330 g/mol. The van der Waals surface area contributed by atoms with E-state index in [-0.39, 0.29) is 24.3 Å². The number of furan rings is 1.